The lowest BCUT2D eigenvalue weighted by molar-refractivity contribution is 1.07. The van der Waals surface area contributed by atoms with Crippen molar-refractivity contribution in [2.45, 2.75) is 13.5 Å². The molecule has 0 atom stereocenters. The fraction of sp³-hybridized carbons (Fsp3) is 0.125. The lowest BCUT2D eigenvalue weighted by Crippen LogP contribution is -2.02. The lowest BCUT2D eigenvalue weighted by Gasteiger charge is -2.09. The Hall–Kier alpha value is -1.94. The summed E-state index contributed by atoms with van der Waals surface area (Å²) in [4.78, 5) is 8.73. The van der Waals surface area contributed by atoms with Crippen LogP contribution in [-0.2, 0) is 6.54 Å². The van der Waals surface area contributed by atoms with Gasteiger partial charge in [-0.3, -0.25) is 4.98 Å². The number of anilines is 1. The molecule has 2 aromatic heterocycles. The third-order valence-electron chi connectivity index (χ3n) is 3.19. The van der Waals surface area contributed by atoms with E-state index in [0.717, 1.165) is 32.3 Å². The first-order valence-electron chi connectivity index (χ1n) is 6.43. The minimum atomic E-state index is 0.714. The summed E-state index contributed by atoms with van der Waals surface area (Å²) in [6, 6.07) is 12.2. The zero-order valence-corrected chi connectivity index (χ0v) is 12.7. The molecular formula is C16H14BrN3. The normalized spacial score (nSPS) is 10.7. The molecule has 0 amide bonds. The number of rotatable bonds is 3. The van der Waals surface area contributed by atoms with Gasteiger partial charge in [0.2, 0.25) is 0 Å². The average molecular weight is 328 g/mol. The summed E-state index contributed by atoms with van der Waals surface area (Å²) < 4.78 is 1.08. The summed E-state index contributed by atoms with van der Waals surface area (Å²) >= 11 is 3.57. The van der Waals surface area contributed by atoms with E-state index < -0.39 is 0 Å². The van der Waals surface area contributed by atoms with E-state index in [0.29, 0.717) is 6.54 Å². The molecule has 3 nitrogen and oxygen atoms in total. The van der Waals surface area contributed by atoms with Crippen LogP contribution in [0.1, 0.15) is 11.3 Å². The highest BCUT2D eigenvalue weighted by molar-refractivity contribution is 9.10. The Morgan fingerprint density at radius 3 is 2.75 bits per heavy atom. The molecule has 0 fully saturated rings. The van der Waals surface area contributed by atoms with Crippen molar-refractivity contribution in [1.82, 2.24) is 9.97 Å². The second-order valence-corrected chi connectivity index (χ2v) is 5.51. The van der Waals surface area contributed by atoms with Crippen LogP contribution in [0.15, 0.2) is 53.3 Å². The van der Waals surface area contributed by atoms with Crippen LogP contribution in [0.5, 0.6) is 0 Å². The molecule has 0 saturated heterocycles. The fourth-order valence-corrected chi connectivity index (χ4v) is 2.60. The van der Waals surface area contributed by atoms with Gasteiger partial charge < -0.3 is 5.32 Å². The molecule has 0 saturated carbocycles. The zero-order chi connectivity index (χ0) is 13.9. The van der Waals surface area contributed by atoms with E-state index in [-0.39, 0.29) is 0 Å². The number of fused-ring (bicyclic) bond motifs is 1. The first-order valence-corrected chi connectivity index (χ1v) is 7.22. The molecule has 0 aliphatic heterocycles. The largest absolute Gasteiger partial charge is 0.365 e. The Morgan fingerprint density at radius 2 is 1.95 bits per heavy atom. The Labute approximate surface area is 126 Å². The van der Waals surface area contributed by atoms with E-state index in [2.05, 4.69) is 43.3 Å². The number of nitrogens with zero attached hydrogens (tertiary/aromatic N) is 2. The van der Waals surface area contributed by atoms with Crippen LogP contribution < -0.4 is 5.32 Å². The summed E-state index contributed by atoms with van der Waals surface area (Å²) in [7, 11) is 0. The van der Waals surface area contributed by atoms with Crippen molar-refractivity contribution in [3.63, 3.8) is 0 Å². The highest BCUT2D eigenvalue weighted by Crippen LogP contribution is 2.27. The topological polar surface area (TPSA) is 37.8 Å². The minimum absolute atomic E-state index is 0.714. The highest BCUT2D eigenvalue weighted by atomic mass is 79.9. The summed E-state index contributed by atoms with van der Waals surface area (Å²) in [5, 5.41) is 5.65. The molecule has 0 unspecified atom stereocenters. The molecule has 1 aromatic carbocycles. The first-order chi connectivity index (χ1) is 9.74. The molecule has 0 aliphatic carbocycles. The number of pyridine rings is 2. The molecule has 1 N–H and O–H groups in total. The van der Waals surface area contributed by atoms with Crippen molar-refractivity contribution < 1.29 is 0 Å². The van der Waals surface area contributed by atoms with Crippen molar-refractivity contribution in [1.29, 1.82) is 0 Å². The summed E-state index contributed by atoms with van der Waals surface area (Å²) in [6.45, 7) is 2.70. The number of nitrogens with one attached hydrogen (secondary N) is 1. The molecular weight excluding hydrogens is 314 g/mol. The number of aryl methyl sites for hydroxylation is 1. The van der Waals surface area contributed by atoms with Crippen molar-refractivity contribution >= 4 is 32.5 Å². The highest BCUT2D eigenvalue weighted by Gasteiger charge is 2.04. The Morgan fingerprint density at radius 1 is 1.05 bits per heavy atom. The third-order valence-corrected chi connectivity index (χ3v) is 3.88. The summed E-state index contributed by atoms with van der Waals surface area (Å²) in [6.07, 6.45) is 3.71. The number of hydrogen-bond acceptors (Lipinski definition) is 3. The molecule has 0 radical (unpaired) electrons. The van der Waals surface area contributed by atoms with E-state index in [1.165, 1.54) is 0 Å². The van der Waals surface area contributed by atoms with E-state index >= 15 is 0 Å². The quantitative estimate of drug-likeness (QED) is 0.778. The molecule has 100 valence electrons. The molecule has 2 heterocycles. The molecule has 3 rings (SSSR count). The Kier molecular flexibility index (Phi) is 3.65. The summed E-state index contributed by atoms with van der Waals surface area (Å²) in [5.74, 6) is 0.893. The maximum atomic E-state index is 4.43. The maximum Gasteiger partial charge on any atom is 0.134 e. The Balaban J connectivity index is 1.88. The SMILES string of the molecule is Cc1ccc(CNc2nccc3c(Br)cccc23)cn1. The van der Waals surface area contributed by atoms with Crippen LogP contribution in [0.3, 0.4) is 0 Å². The van der Waals surface area contributed by atoms with E-state index in [1.807, 2.05) is 43.6 Å². The standard InChI is InChI=1S/C16H14BrN3/c1-11-5-6-12(9-19-11)10-20-16-14-3-2-4-15(17)13(14)7-8-18-16/h2-9H,10H2,1H3,(H,18,20). The van der Waals surface area contributed by atoms with Gasteiger partial charge in [-0.2, -0.15) is 0 Å². The van der Waals surface area contributed by atoms with Crippen molar-refractivity contribution in [2.75, 3.05) is 5.32 Å². The van der Waals surface area contributed by atoms with Gasteiger partial charge in [0.1, 0.15) is 5.82 Å². The number of aromatic nitrogens is 2. The van der Waals surface area contributed by atoms with Gasteiger partial charge in [-0.15, -0.1) is 0 Å². The summed E-state index contributed by atoms with van der Waals surface area (Å²) in [5.41, 5.74) is 2.17. The molecule has 0 spiro atoms. The molecule has 0 bridgehead atoms. The van der Waals surface area contributed by atoms with Crippen LogP contribution in [-0.4, -0.2) is 9.97 Å². The lowest BCUT2D eigenvalue weighted by atomic mass is 10.1. The van der Waals surface area contributed by atoms with Gasteiger partial charge in [-0.05, 0) is 30.7 Å². The second-order valence-electron chi connectivity index (χ2n) is 4.66. The molecule has 3 aromatic rings. The maximum absolute atomic E-state index is 4.43. The minimum Gasteiger partial charge on any atom is -0.365 e. The number of hydrogen-bond donors (Lipinski definition) is 1. The van der Waals surface area contributed by atoms with Crippen LogP contribution in [0, 0.1) is 6.92 Å². The van der Waals surface area contributed by atoms with Crippen molar-refractivity contribution in [3.05, 3.63) is 64.5 Å². The van der Waals surface area contributed by atoms with Gasteiger partial charge >= 0.3 is 0 Å². The van der Waals surface area contributed by atoms with Crippen LogP contribution in [0.25, 0.3) is 10.8 Å². The van der Waals surface area contributed by atoms with Gasteiger partial charge in [0.15, 0.2) is 0 Å². The number of benzene rings is 1. The molecule has 4 heteroatoms. The van der Waals surface area contributed by atoms with E-state index in [4.69, 9.17) is 0 Å². The van der Waals surface area contributed by atoms with Gasteiger partial charge in [0, 0.05) is 39.9 Å². The van der Waals surface area contributed by atoms with Crippen LogP contribution in [0.2, 0.25) is 0 Å². The van der Waals surface area contributed by atoms with Gasteiger partial charge in [-0.25, -0.2) is 4.98 Å². The van der Waals surface area contributed by atoms with Crippen molar-refractivity contribution in [2.24, 2.45) is 0 Å². The van der Waals surface area contributed by atoms with Gasteiger partial charge in [0.25, 0.3) is 0 Å². The van der Waals surface area contributed by atoms with Gasteiger partial charge in [0.05, 0.1) is 0 Å². The average Bonchev–Trinajstić information content (AvgIpc) is 2.47. The van der Waals surface area contributed by atoms with Crippen molar-refractivity contribution in [3.8, 4) is 0 Å². The predicted molar refractivity (Wildman–Crippen MR) is 85.7 cm³/mol. The van der Waals surface area contributed by atoms with E-state index in [1.54, 1.807) is 0 Å². The molecule has 0 aliphatic rings. The predicted octanol–water partition coefficient (Wildman–Crippen LogP) is 4.31. The zero-order valence-electron chi connectivity index (χ0n) is 11.1. The van der Waals surface area contributed by atoms with Crippen LogP contribution in [0.4, 0.5) is 5.82 Å². The van der Waals surface area contributed by atoms with Crippen LogP contribution >= 0.6 is 15.9 Å². The fourth-order valence-electron chi connectivity index (χ4n) is 2.10. The monoisotopic (exact) mass is 327 g/mol. The number of halogens is 1. The third kappa shape index (κ3) is 2.65. The smallest absolute Gasteiger partial charge is 0.134 e. The first kappa shape index (κ1) is 13.1. The van der Waals surface area contributed by atoms with Gasteiger partial charge in [-0.1, -0.05) is 34.1 Å². The van der Waals surface area contributed by atoms with E-state index in [9.17, 15) is 0 Å². The molecule has 20 heavy (non-hydrogen) atoms. The Bertz CT molecular complexity index is 738. The second kappa shape index (κ2) is 5.59.